The van der Waals surface area contributed by atoms with Gasteiger partial charge in [-0.05, 0) is 24.6 Å². The highest BCUT2D eigenvalue weighted by atomic mass is 35.5. The molecule has 27 heavy (non-hydrogen) atoms. The fourth-order valence-electron chi connectivity index (χ4n) is 2.43. The molecule has 1 aromatic heterocycles. The first kappa shape index (κ1) is 20.0. The second-order valence-electron chi connectivity index (χ2n) is 5.76. The zero-order valence-corrected chi connectivity index (χ0v) is 17.5. The summed E-state index contributed by atoms with van der Waals surface area (Å²) < 4.78 is 1.87. The number of nitrogens with zero attached hydrogens (tertiary/aromatic N) is 3. The molecule has 5 nitrogen and oxygen atoms in total. The minimum absolute atomic E-state index is 0.149. The number of amides is 1. The van der Waals surface area contributed by atoms with Gasteiger partial charge < -0.3 is 9.88 Å². The minimum Gasteiger partial charge on any atom is -0.324 e. The highest BCUT2D eigenvalue weighted by Gasteiger charge is 2.15. The summed E-state index contributed by atoms with van der Waals surface area (Å²) in [6.07, 6.45) is 0. The summed E-state index contributed by atoms with van der Waals surface area (Å²) in [5.41, 5.74) is 2.53. The highest BCUT2D eigenvalue weighted by molar-refractivity contribution is 7.99. The van der Waals surface area contributed by atoms with Gasteiger partial charge in [-0.2, -0.15) is 0 Å². The summed E-state index contributed by atoms with van der Waals surface area (Å²) in [5, 5.41) is 12.8. The predicted octanol–water partition coefficient (Wildman–Crippen LogP) is 5.48. The van der Waals surface area contributed by atoms with Crippen LogP contribution in [0.5, 0.6) is 0 Å². The molecule has 0 bridgehead atoms. The molecule has 0 saturated heterocycles. The molecule has 1 heterocycles. The van der Waals surface area contributed by atoms with E-state index in [-0.39, 0.29) is 11.7 Å². The van der Waals surface area contributed by atoms with Gasteiger partial charge in [0, 0.05) is 12.6 Å². The van der Waals surface area contributed by atoms with Crippen LogP contribution in [0.25, 0.3) is 11.4 Å². The number of thioether (sulfide) groups is 1. The van der Waals surface area contributed by atoms with Crippen LogP contribution in [0.15, 0.2) is 41.6 Å². The van der Waals surface area contributed by atoms with Crippen molar-refractivity contribution in [3.05, 3.63) is 57.0 Å². The van der Waals surface area contributed by atoms with Crippen molar-refractivity contribution >= 4 is 58.2 Å². The zero-order chi connectivity index (χ0) is 19.6. The fraction of sp³-hybridized carbons (Fsp3) is 0.167. The number of halogens is 3. The van der Waals surface area contributed by atoms with Crippen LogP contribution in [0.2, 0.25) is 15.1 Å². The van der Waals surface area contributed by atoms with Gasteiger partial charge in [0.05, 0.1) is 26.5 Å². The number of aryl methyl sites for hydroxylation is 1. The van der Waals surface area contributed by atoms with Gasteiger partial charge in [-0.3, -0.25) is 4.79 Å². The molecule has 0 fully saturated rings. The van der Waals surface area contributed by atoms with Crippen LogP contribution in [0, 0.1) is 6.92 Å². The van der Waals surface area contributed by atoms with E-state index in [2.05, 4.69) is 15.5 Å². The minimum atomic E-state index is -0.235. The maximum absolute atomic E-state index is 12.3. The maximum atomic E-state index is 12.3. The molecule has 140 valence electrons. The molecular formula is C18H15Cl3N4OS. The Kier molecular flexibility index (Phi) is 6.32. The Balaban J connectivity index is 1.68. The number of carbonyl (C=O) groups is 1. The largest absolute Gasteiger partial charge is 0.324 e. The van der Waals surface area contributed by atoms with Crippen molar-refractivity contribution in [3.63, 3.8) is 0 Å². The van der Waals surface area contributed by atoms with E-state index in [1.54, 1.807) is 0 Å². The van der Waals surface area contributed by atoms with E-state index in [1.807, 2.05) is 42.8 Å². The van der Waals surface area contributed by atoms with Crippen molar-refractivity contribution < 1.29 is 4.79 Å². The van der Waals surface area contributed by atoms with Gasteiger partial charge in [-0.15, -0.1) is 10.2 Å². The Bertz CT molecular complexity index is 1010. The number of carbonyl (C=O) groups excluding carboxylic acids is 1. The van der Waals surface area contributed by atoms with Crippen LogP contribution in [-0.4, -0.2) is 26.4 Å². The van der Waals surface area contributed by atoms with Crippen LogP contribution in [0.4, 0.5) is 5.69 Å². The van der Waals surface area contributed by atoms with E-state index < -0.39 is 0 Å². The summed E-state index contributed by atoms with van der Waals surface area (Å²) in [6, 6.07) is 11.0. The summed E-state index contributed by atoms with van der Waals surface area (Å²) in [7, 11) is 1.87. The summed E-state index contributed by atoms with van der Waals surface area (Å²) in [4.78, 5) is 12.3. The number of anilines is 1. The molecule has 0 saturated carbocycles. The van der Waals surface area contributed by atoms with Crippen LogP contribution in [-0.2, 0) is 11.8 Å². The maximum Gasteiger partial charge on any atom is 0.234 e. The number of hydrogen-bond donors (Lipinski definition) is 1. The van der Waals surface area contributed by atoms with Crippen molar-refractivity contribution in [2.45, 2.75) is 12.1 Å². The highest BCUT2D eigenvalue weighted by Crippen LogP contribution is 2.32. The summed E-state index contributed by atoms with van der Waals surface area (Å²) in [6.45, 7) is 2.02. The Morgan fingerprint density at radius 1 is 1.11 bits per heavy atom. The summed E-state index contributed by atoms with van der Waals surface area (Å²) >= 11 is 19.2. The molecule has 0 atom stereocenters. The lowest BCUT2D eigenvalue weighted by Gasteiger charge is -2.09. The number of benzene rings is 2. The van der Waals surface area contributed by atoms with Crippen LogP contribution < -0.4 is 5.32 Å². The van der Waals surface area contributed by atoms with E-state index in [4.69, 9.17) is 34.8 Å². The first-order chi connectivity index (χ1) is 12.9. The standard InChI is InChI=1S/C18H15Cl3N4OS/c1-10-5-3-4-6-11(10)17-23-24-18(25(17)2)27-9-16(26)22-15-8-13(20)12(19)7-14(15)21/h3-8H,9H2,1-2H3,(H,22,26). The number of hydrogen-bond acceptors (Lipinski definition) is 4. The quantitative estimate of drug-likeness (QED) is 0.420. The van der Waals surface area contributed by atoms with E-state index in [0.717, 1.165) is 17.0 Å². The van der Waals surface area contributed by atoms with Gasteiger partial charge in [0.1, 0.15) is 0 Å². The molecule has 0 aliphatic carbocycles. The van der Waals surface area contributed by atoms with E-state index in [1.165, 1.54) is 23.9 Å². The topological polar surface area (TPSA) is 59.8 Å². The van der Waals surface area contributed by atoms with Gasteiger partial charge in [-0.1, -0.05) is 70.8 Å². The molecule has 1 N–H and O–H groups in total. The van der Waals surface area contributed by atoms with Crippen LogP contribution >= 0.6 is 46.6 Å². The summed E-state index contributed by atoms with van der Waals surface area (Å²) in [5.74, 6) is 0.667. The molecule has 0 unspecified atom stereocenters. The van der Waals surface area contributed by atoms with Crippen LogP contribution in [0.1, 0.15) is 5.56 Å². The lowest BCUT2D eigenvalue weighted by molar-refractivity contribution is -0.113. The normalized spacial score (nSPS) is 10.9. The average molecular weight is 442 g/mol. The predicted molar refractivity (Wildman–Crippen MR) is 112 cm³/mol. The van der Waals surface area contributed by atoms with E-state index in [0.29, 0.717) is 25.9 Å². The third-order valence-corrected chi connectivity index (χ3v) is 5.89. The molecule has 3 aromatic rings. The van der Waals surface area contributed by atoms with Crippen LogP contribution in [0.3, 0.4) is 0 Å². The molecule has 2 aromatic carbocycles. The first-order valence-electron chi connectivity index (χ1n) is 7.89. The van der Waals surface area contributed by atoms with Gasteiger partial charge in [0.2, 0.25) is 5.91 Å². The number of aromatic nitrogens is 3. The van der Waals surface area contributed by atoms with Crippen molar-refractivity contribution in [1.82, 2.24) is 14.8 Å². The Hall–Kier alpha value is -1.73. The van der Waals surface area contributed by atoms with Crippen molar-refractivity contribution in [1.29, 1.82) is 0 Å². The molecule has 3 rings (SSSR count). The number of rotatable bonds is 5. The molecule has 1 amide bonds. The SMILES string of the molecule is Cc1ccccc1-c1nnc(SCC(=O)Nc2cc(Cl)c(Cl)cc2Cl)n1C. The first-order valence-corrected chi connectivity index (χ1v) is 10.0. The zero-order valence-electron chi connectivity index (χ0n) is 14.5. The molecule has 0 spiro atoms. The smallest absolute Gasteiger partial charge is 0.234 e. The van der Waals surface area contributed by atoms with E-state index >= 15 is 0 Å². The average Bonchev–Trinajstić information content (AvgIpc) is 2.99. The lowest BCUT2D eigenvalue weighted by atomic mass is 10.1. The third-order valence-electron chi connectivity index (χ3n) is 3.84. The Morgan fingerprint density at radius 2 is 1.81 bits per heavy atom. The van der Waals surface area contributed by atoms with Gasteiger partial charge in [-0.25, -0.2) is 0 Å². The Morgan fingerprint density at radius 3 is 2.56 bits per heavy atom. The third kappa shape index (κ3) is 4.58. The number of nitrogens with one attached hydrogen (secondary N) is 1. The monoisotopic (exact) mass is 440 g/mol. The van der Waals surface area contributed by atoms with Gasteiger partial charge in [0.25, 0.3) is 0 Å². The lowest BCUT2D eigenvalue weighted by Crippen LogP contribution is -2.14. The molecule has 0 radical (unpaired) electrons. The molecular weight excluding hydrogens is 427 g/mol. The van der Waals surface area contributed by atoms with Crippen molar-refractivity contribution in [3.8, 4) is 11.4 Å². The van der Waals surface area contributed by atoms with Gasteiger partial charge >= 0.3 is 0 Å². The fourth-order valence-corrected chi connectivity index (χ4v) is 3.74. The second kappa shape index (κ2) is 8.52. The van der Waals surface area contributed by atoms with Crippen molar-refractivity contribution in [2.24, 2.45) is 7.05 Å². The van der Waals surface area contributed by atoms with Crippen molar-refractivity contribution in [2.75, 3.05) is 11.1 Å². The molecule has 0 aliphatic rings. The molecule has 0 aliphatic heterocycles. The Labute approximate surface area is 176 Å². The molecule has 9 heteroatoms. The van der Waals surface area contributed by atoms with E-state index in [9.17, 15) is 4.79 Å². The van der Waals surface area contributed by atoms with Gasteiger partial charge in [0.15, 0.2) is 11.0 Å². The second-order valence-corrected chi connectivity index (χ2v) is 7.93.